The topological polar surface area (TPSA) is 90.7 Å². The first kappa shape index (κ1) is 17.1. The Bertz CT molecular complexity index is 458. The zero-order chi connectivity index (χ0) is 15.7. The summed E-state index contributed by atoms with van der Waals surface area (Å²) in [5.74, 6) is -0.885. The average Bonchev–Trinajstić information content (AvgIpc) is 2.96. The van der Waals surface area contributed by atoms with E-state index in [-0.39, 0.29) is 31.3 Å². The minimum Gasteiger partial charge on any atom is -0.460 e. The van der Waals surface area contributed by atoms with Gasteiger partial charge in [0, 0.05) is 24.5 Å². The van der Waals surface area contributed by atoms with Gasteiger partial charge in [-0.25, -0.2) is 9.78 Å². The Morgan fingerprint density at radius 1 is 1.48 bits per heavy atom. The Labute approximate surface area is 123 Å². The predicted molar refractivity (Wildman–Crippen MR) is 74.4 cm³/mol. The third kappa shape index (κ3) is 6.82. The first-order chi connectivity index (χ1) is 10.0. The summed E-state index contributed by atoms with van der Waals surface area (Å²) in [5, 5.41) is 9.59. The number of aliphatic hydroxyl groups is 1. The number of aromatic nitrogens is 2. The fraction of sp³-hybridized carbons (Fsp3) is 0.500. The maximum Gasteiger partial charge on any atom is 0.333 e. The molecule has 1 heterocycles. The van der Waals surface area contributed by atoms with E-state index in [0.717, 1.165) is 6.29 Å². The number of carbonyl (C=O) groups is 2. The Morgan fingerprint density at radius 3 is 2.81 bits per heavy atom. The summed E-state index contributed by atoms with van der Waals surface area (Å²) < 4.78 is 11.8. The molecular formula is C14H20N2O5. The number of aldehydes is 1. The molecule has 7 nitrogen and oxygen atoms in total. The van der Waals surface area contributed by atoms with Gasteiger partial charge in [-0.2, -0.15) is 0 Å². The molecule has 0 amide bonds. The molecule has 0 saturated heterocycles. The van der Waals surface area contributed by atoms with Gasteiger partial charge < -0.3 is 23.9 Å². The Balaban J connectivity index is 2.20. The van der Waals surface area contributed by atoms with Gasteiger partial charge in [0.15, 0.2) is 0 Å². The second-order valence-corrected chi connectivity index (χ2v) is 4.73. The van der Waals surface area contributed by atoms with E-state index >= 15 is 0 Å². The maximum absolute atomic E-state index is 11.1. The Morgan fingerprint density at radius 2 is 2.24 bits per heavy atom. The average molecular weight is 296 g/mol. The van der Waals surface area contributed by atoms with Crippen molar-refractivity contribution in [2.75, 3.05) is 19.8 Å². The number of esters is 1. The molecule has 2 atom stereocenters. The van der Waals surface area contributed by atoms with Crippen LogP contribution in [0.5, 0.6) is 0 Å². The van der Waals surface area contributed by atoms with E-state index in [2.05, 4.69) is 11.6 Å². The summed E-state index contributed by atoms with van der Waals surface area (Å²) in [7, 11) is 0. The van der Waals surface area contributed by atoms with Crippen molar-refractivity contribution in [3.63, 3.8) is 0 Å². The highest BCUT2D eigenvalue weighted by atomic mass is 16.5. The standard InChI is InChI=1S/C14H20N2O5/c1-11(2)14(19)21-9-13(18)8-20-7-12(6-17)5-16-4-3-15-10-16/h3-4,6,10,12-13,18H,1,5,7-9H2,2H3. The Hall–Kier alpha value is -1.99. The van der Waals surface area contributed by atoms with E-state index in [1.807, 2.05) is 0 Å². The summed E-state index contributed by atoms with van der Waals surface area (Å²) in [6.45, 7) is 5.41. The third-order valence-corrected chi connectivity index (χ3v) is 2.59. The quantitative estimate of drug-likeness (QED) is 0.377. The zero-order valence-electron chi connectivity index (χ0n) is 12.0. The van der Waals surface area contributed by atoms with Gasteiger partial charge in [-0.05, 0) is 6.92 Å². The van der Waals surface area contributed by atoms with Crippen LogP contribution in [0, 0.1) is 5.92 Å². The molecule has 0 spiro atoms. The second-order valence-electron chi connectivity index (χ2n) is 4.73. The van der Waals surface area contributed by atoms with Crippen LogP contribution in [-0.4, -0.2) is 52.8 Å². The minimum atomic E-state index is -0.936. The van der Waals surface area contributed by atoms with Gasteiger partial charge >= 0.3 is 5.97 Å². The van der Waals surface area contributed by atoms with Gasteiger partial charge in [0.25, 0.3) is 0 Å². The molecule has 0 aliphatic rings. The van der Waals surface area contributed by atoms with Gasteiger partial charge in [0.05, 0.1) is 25.5 Å². The summed E-state index contributed by atoms with van der Waals surface area (Å²) in [6, 6.07) is 0. The van der Waals surface area contributed by atoms with E-state index in [0.29, 0.717) is 6.54 Å². The van der Waals surface area contributed by atoms with Crippen LogP contribution in [0.25, 0.3) is 0 Å². The number of hydrogen-bond acceptors (Lipinski definition) is 6. The van der Waals surface area contributed by atoms with Crippen molar-refractivity contribution in [2.45, 2.75) is 19.6 Å². The summed E-state index contributed by atoms with van der Waals surface area (Å²) in [6.07, 6.45) is 4.86. The van der Waals surface area contributed by atoms with Crippen LogP contribution in [0.3, 0.4) is 0 Å². The van der Waals surface area contributed by atoms with Gasteiger partial charge in [-0.15, -0.1) is 0 Å². The molecule has 0 saturated carbocycles. The lowest BCUT2D eigenvalue weighted by Gasteiger charge is -2.14. The molecule has 0 bridgehead atoms. The normalized spacial score (nSPS) is 13.4. The molecule has 1 aromatic rings. The number of nitrogens with zero attached hydrogens (tertiary/aromatic N) is 2. The SMILES string of the molecule is C=C(C)C(=O)OCC(O)COCC(C=O)Cn1ccnc1. The number of rotatable bonds is 10. The fourth-order valence-corrected chi connectivity index (χ4v) is 1.50. The molecule has 1 N–H and O–H groups in total. The van der Waals surface area contributed by atoms with Crippen molar-refractivity contribution in [1.29, 1.82) is 0 Å². The highest BCUT2D eigenvalue weighted by molar-refractivity contribution is 5.86. The Kier molecular flexibility index (Phi) is 7.34. The molecule has 1 rings (SSSR count). The van der Waals surface area contributed by atoms with Crippen LogP contribution >= 0.6 is 0 Å². The van der Waals surface area contributed by atoms with Crippen LogP contribution in [0.4, 0.5) is 0 Å². The van der Waals surface area contributed by atoms with Crippen molar-refractivity contribution in [3.05, 3.63) is 30.9 Å². The van der Waals surface area contributed by atoms with Gasteiger partial charge in [-0.3, -0.25) is 0 Å². The predicted octanol–water partition coefficient (Wildman–Crippen LogP) is 0.195. The molecule has 0 aliphatic heterocycles. The summed E-state index contributed by atoms with van der Waals surface area (Å²) in [4.78, 5) is 26.0. The highest BCUT2D eigenvalue weighted by Gasteiger charge is 2.12. The van der Waals surface area contributed by atoms with Gasteiger partial charge in [-0.1, -0.05) is 6.58 Å². The van der Waals surface area contributed by atoms with Crippen LogP contribution in [0.15, 0.2) is 30.9 Å². The smallest absolute Gasteiger partial charge is 0.333 e. The maximum atomic E-state index is 11.1. The van der Waals surface area contributed by atoms with E-state index < -0.39 is 12.1 Å². The van der Waals surface area contributed by atoms with E-state index in [1.165, 1.54) is 6.92 Å². The second kappa shape index (κ2) is 9.04. The molecule has 0 aromatic carbocycles. The van der Waals surface area contributed by atoms with Crippen molar-refractivity contribution >= 4 is 12.3 Å². The van der Waals surface area contributed by atoms with Crippen LogP contribution in [0.2, 0.25) is 0 Å². The summed E-state index contributed by atoms with van der Waals surface area (Å²) in [5.41, 5.74) is 0.268. The monoisotopic (exact) mass is 296 g/mol. The largest absolute Gasteiger partial charge is 0.460 e. The lowest BCUT2D eigenvalue weighted by Crippen LogP contribution is -2.26. The summed E-state index contributed by atoms with van der Waals surface area (Å²) >= 11 is 0. The number of carbonyl (C=O) groups excluding carboxylic acids is 2. The fourth-order valence-electron chi connectivity index (χ4n) is 1.50. The number of imidazole rings is 1. The number of ether oxygens (including phenoxy) is 2. The molecule has 1 aromatic heterocycles. The molecule has 21 heavy (non-hydrogen) atoms. The molecule has 0 aliphatic carbocycles. The van der Waals surface area contributed by atoms with Crippen LogP contribution in [-0.2, 0) is 25.6 Å². The lowest BCUT2D eigenvalue weighted by atomic mass is 10.2. The molecule has 0 radical (unpaired) electrons. The molecule has 116 valence electrons. The molecule has 0 fully saturated rings. The third-order valence-electron chi connectivity index (χ3n) is 2.59. The minimum absolute atomic E-state index is 0.0161. The molecule has 7 heteroatoms. The zero-order valence-corrected chi connectivity index (χ0v) is 12.0. The van der Waals surface area contributed by atoms with Gasteiger partial charge in [0.2, 0.25) is 0 Å². The van der Waals surface area contributed by atoms with E-state index in [4.69, 9.17) is 9.47 Å². The van der Waals surface area contributed by atoms with Crippen molar-refractivity contribution in [2.24, 2.45) is 5.92 Å². The van der Waals surface area contributed by atoms with Crippen molar-refractivity contribution in [1.82, 2.24) is 9.55 Å². The highest BCUT2D eigenvalue weighted by Crippen LogP contribution is 2.01. The van der Waals surface area contributed by atoms with Crippen molar-refractivity contribution in [3.8, 4) is 0 Å². The van der Waals surface area contributed by atoms with E-state index in [9.17, 15) is 14.7 Å². The first-order valence-corrected chi connectivity index (χ1v) is 6.52. The van der Waals surface area contributed by atoms with Crippen molar-refractivity contribution < 1.29 is 24.2 Å². The van der Waals surface area contributed by atoms with Crippen LogP contribution < -0.4 is 0 Å². The van der Waals surface area contributed by atoms with Gasteiger partial charge in [0.1, 0.15) is 19.0 Å². The molecular weight excluding hydrogens is 276 g/mol. The lowest BCUT2D eigenvalue weighted by molar-refractivity contribution is -0.143. The number of hydrogen-bond donors (Lipinski definition) is 1. The van der Waals surface area contributed by atoms with E-state index in [1.54, 1.807) is 23.3 Å². The first-order valence-electron chi connectivity index (χ1n) is 6.52. The number of aliphatic hydroxyl groups excluding tert-OH is 1. The molecule has 2 unspecified atom stereocenters. The van der Waals surface area contributed by atoms with Crippen LogP contribution in [0.1, 0.15) is 6.92 Å².